The number of aromatic carboxylic acids is 1. The maximum absolute atomic E-state index is 12.1. The van der Waals surface area contributed by atoms with E-state index in [2.05, 4.69) is 17.3 Å². The van der Waals surface area contributed by atoms with Crippen LogP contribution in [0.2, 0.25) is 0 Å². The van der Waals surface area contributed by atoms with Gasteiger partial charge >= 0.3 is 5.97 Å². The molecule has 7 heteroatoms. The number of aliphatic hydroxyl groups is 1. The maximum atomic E-state index is 12.1. The quantitative estimate of drug-likeness (QED) is 0.738. The van der Waals surface area contributed by atoms with Crippen molar-refractivity contribution in [2.45, 2.75) is 25.4 Å². The summed E-state index contributed by atoms with van der Waals surface area (Å²) in [6.45, 7) is 3.15. The van der Waals surface area contributed by atoms with Crippen molar-refractivity contribution in [3.8, 4) is 11.5 Å². The summed E-state index contributed by atoms with van der Waals surface area (Å²) in [7, 11) is 2.06. The highest BCUT2D eigenvalue weighted by molar-refractivity contribution is 5.89. The Bertz CT molecular complexity index is 981. The molecule has 2 aliphatic heterocycles. The first kappa shape index (κ1) is 19.4. The normalized spacial score (nSPS) is 21.6. The number of anilines is 1. The number of fused-ring (bicyclic) bond motifs is 2. The van der Waals surface area contributed by atoms with E-state index < -0.39 is 11.6 Å². The Hall–Kier alpha value is -2.90. The number of nitrogens with one attached hydrogen (secondary N) is 1. The third-order valence-corrected chi connectivity index (χ3v) is 5.88. The molecule has 152 valence electrons. The molecular formula is C22H24N2O5. The molecule has 7 nitrogen and oxygen atoms in total. The van der Waals surface area contributed by atoms with Crippen LogP contribution in [0.15, 0.2) is 36.4 Å². The number of carbonyl (C=O) groups is 2. The number of carbonyl (C=O) groups excluding carboxylic acids is 1. The molecule has 0 spiro atoms. The number of nitrogens with zero attached hydrogens (tertiary/aromatic N) is 1. The molecule has 4 rings (SSSR count). The fourth-order valence-electron chi connectivity index (χ4n) is 4.38. The van der Waals surface area contributed by atoms with E-state index in [1.54, 1.807) is 24.3 Å². The van der Waals surface area contributed by atoms with Gasteiger partial charge in [-0.1, -0.05) is 6.07 Å². The highest BCUT2D eigenvalue weighted by Gasteiger charge is 2.47. The molecule has 2 aliphatic rings. The summed E-state index contributed by atoms with van der Waals surface area (Å²) in [4.78, 5) is 25.2. The third-order valence-electron chi connectivity index (χ3n) is 5.88. The number of piperidine rings is 1. The molecule has 1 amide bonds. The van der Waals surface area contributed by atoms with Crippen LogP contribution in [0.1, 0.15) is 41.3 Å². The second kappa shape index (κ2) is 7.17. The number of carboxylic acid groups (broad SMARTS) is 1. The zero-order valence-electron chi connectivity index (χ0n) is 16.4. The highest BCUT2D eigenvalue weighted by Crippen LogP contribution is 2.53. The lowest BCUT2D eigenvalue weighted by Gasteiger charge is -2.44. The van der Waals surface area contributed by atoms with Crippen LogP contribution in [0.4, 0.5) is 5.69 Å². The van der Waals surface area contributed by atoms with Crippen LogP contribution in [0.25, 0.3) is 0 Å². The number of carboxylic acids is 1. The molecule has 2 heterocycles. The molecule has 29 heavy (non-hydrogen) atoms. The van der Waals surface area contributed by atoms with Gasteiger partial charge in [0, 0.05) is 23.7 Å². The van der Waals surface area contributed by atoms with Gasteiger partial charge in [-0.2, -0.15) is 0 Å². The largest absolute Gasteiger partial charge is 0.478 e. The zero-order chi connectivity index (χ0) is 20.8. The van der Waals surface area contributed by atoms with E-state index >= 15 is 0 Å². The Morgan fingerprint density at radius 3 is 2.48 bits per heavy atom. The van der Waals surface area contributed by atoms with Crippen molar-refractivity contribution < 1.29 is 24.5 Å². The van der Waals surface area contributed by atoms with Crippen LogP contribution >= 0.6 is 0 Å². The molecule has 0 radical (unpaired) electrons. The Morgan fingerprint density at radius 1 is 1.10 bits per heavy atom. The van der Waals surface area contributed by atoms with Crippen LogP contribution in [-0.4, -0.2) is 47.1 Å². The number of rotatable bonds is 3. The standard InChI is InChI=1S/C22H24N2O5/c1-13(25)23-16-4-6-19-18(12-16)22(28,15-7-9-24(2)10-8-15)17-5-3-14(21(26)27)11-20(17)29-19/h3-6,11-12,15,28H,7-10H2,1-2H3,(H,23,25)(H,26,27). The number of hydrogen-bond donors (Lipinski definition) is 3. The smallest absolute Gasteiger partial charge is 0.335 e. The van der Waals surface area contributed by atoms with Crippen molar-refractivity contribution in [3.63, 3.8) is 0 Å². The highest BCUT2D eigenvalue weighted by atomic mass is 16.5. The van der Waals surface area contributed by atoms with E-state index in [1.807, 2.05) is 0 Å². The Kier molecular flexibility index (Phi) is 4.80. The average Bonchev–Trinajstić information content (AvgIpc) is 2.68. The van der Waals surface area contributed by atoms with Gasteiger partial charge in [0.15, 0.2) is 0 Å². The average molecular weight is 396 g/mol. The Morgan fingerprint density at radius 2 is 1.83 bits per heavy atom. The van der Waals surface area contributed by atoms with Crippen LogP contribution in [-0.2, 0) is 10.4 Å². The molecule has 3 N–H and O–H groups in total. The van der Waals surface area contributed by atoms with Gasteiger partial charge in [0.1, 0.15) is 17.1 Å². The van der Waals surface area contributed by atoms with Crippen molar-refractivity contribution >= 4 is 17.6 Å². The molecule has 1 fully saturated rings. The minimum Gasteiger partial charge on any atom is -0.478 e. The first-order valence-corrected chi connectivity index (χ1v) is 9.67. The van der Waals surface area contributed by atoms with Gasteiger partial charge in [0.25, 0.3) is 0 Å². The summed E-state index contributed by atoms with van der Waals surface area (Å²) in [5, 5.41) is 24.2. The minimum atomic E-state index is -1.34. The second-order valence-corrected chi connectivity index (χ2v) is 7.85. The lowest BCUT2D eigenvalue weighted by molar-refractivity contribution is -0.114. The molecular weight excluding hydrogens is 372 g/mol. The molecule has 0 aromatic heterocycles. The van der Waals surface area contributed by atoms with E-state index in [-0.39, 0.29) is 17.4 Å². The summed E-state index contributed by atoms with van der Waals surface area (Å²) >= 11 is 0. The molecule has 0 bridgehead atoms. The number of ether oxygens (including phenoxy) is 1. The van der Waals surface area contributed by atoms with Crippen molar-refractivity contribution in [3.05, 3.63) is 53.1 Å². The summed E-state index contributed by atoms with van der Waals surface area (Å²) in [6.07, 6.45) is 1.58. The SMILES string of the molecule is CC(=O)Nc1ccc2c(c1)C(O)(C1CCN(C)CC1)c1ccc(C(=O)O)cc1O2. The number of amides is 1. The fourth-order valence-corrected chi connectivity index (χ4v) is 4.38. The van der Waals surface area contributed by atoms with E-state index in [0.717, 1.165) is 25.9 Å². The predicted octanol–water partition coefficient (Wildman–Crippen LogP) is 3.03. The van der Waals surface area contributed by atoms with E-state index in [1.165, 1.54) is 19.1 Å². The monoisotopic (exact) mass is 396 g/mol. The summed E-state index contributed by atoms with van der Waals surface area (Å²) in [5.74, 6) is -0.493. The van der Waals surface area contributed by atoms with Gasteiger partial charge in [0.2, 0.25) is 5.91 Å². The van der Waals surface area contributed by atoms with Crippen molar-refractivity contribution in [2.24, 2.45) is 5.92 Å². The molecule has 1 unspecified atom stereocenters. The van der Waals surface area contributed by atoms with Crippen LogP contribution < -0.4 is 10.1 Å². The number of likely N-dealkylation sites (tertiary alicyclic amines) is 1. The zero-order valence-corrected chi connectivity index (χ0v) is 16.4. The molecule has 0 saturated carbocycles. The van der Waals surface area contributed by atoms with Gasteiger partial charge in [-0.05, 0) is 69.2 Å². The van der Waals surface area contributed by atoms with Gasteiger partial charge < -0.3 is 25.2 Å². The first-order chi connectivity index (χ1) is 13.8. The maximum Gasteiger partial charge on any atom is 0.335 e. The van der Waals surface area contributed by atoms with Crippen molar-refractivity contribution in [1.29, 1.82) is 0 Å². The number of hydrogen-bond acceptors (Lipinski definition) is 5. The van der Waals surface area contributed by atoms with Gasteiger partial charge in [-0.25, -0.2) is 4.79 Å². The lowest BCUT2D eigenvalue weighted by Crippen LogP contribution is -2.44. The summed E-state index contributed by atoms with van der Waals surface area (Å²) in [5.41, 5.74) is 0.499. The van der Waals surface area contributed by atoms with Crippen molar-refractivity contribution in [2.75, 3.05) is 25.5 Å². The minimum absolute atomic E-state index is 0.0663. The summed E-state index contributed by atoms with van der Waals surface area (Å²) in [6, 6.07) is 9.77. The molecule has 2 aromatic rings. The topological polar surface area (TPSA) is 99.1 Å². The Labute approximate surface area is 168 Å². The molecule has 1 atom stereocenters. The van der Waals surface area contributed by atoms with E-state index in [0.29, 0.717) is 28.3 Å². The van der Waals surface area contributed by atoms with Crippen LogP contribution in [0.5, 0.6) is 11.5 Å². The predicted molar refractivity (Wildman–Crippen MR) is 107 cm³/mol. The number of benzene rings is 2. The van der Waals surface area contributed by atoms with Crippen LogP contribution in [0, 0.1) is 5.92 Å². The second-order valence-electron chi connectivity index (χ2n) is 7.85. The van der Waals surface area contributed by atoms with Gasteiger partial charge in [-0.15, -0.1) is 0 Å². The summed E-state index contributed by atoms with van der Waals surface area (Å²) < 4.78 is 5.99. The van der Waals surface area contributed by atoms with Gasteiger partial charge in [0.05, 0.1) is 5.56 Å². The molecule has 0 aliphatic carbocycles. The van der Waals surface area contributed by atoms with E-state index in [9.17, 15) is 19.8 Å². The van der Waals surface area contributed by atoms with E-state index in [4.69, 9.17) is 4.74 Å². The Balaban J connectivity index is 1.87. The third kappa shape index (κ3) is 3.36. The van der Waals surface area contributed by atoms with Gasteiger partial charge in [-0.3, -0.25) is 4.79 Å². The first-order valence-electron chi connectivity index (χ1n) is 9.67. The molecule has 2 aromatic carbocycles. The van der Waals surface area contributed by atoms with Crippen LogP contribution in [0.3, 0.4) is 0 Å². The van der Waals surface area contributed by atoms with Crippen molar-refractivity contribution in [1.82, 2.24) is 4.90 Å². The molecule has 1 saturated heterocycles. The fraction of sp³-hybridized carbons (Fsp3) is 0.364. The lowest BCUT2D eigenvalue weighted by atomic mass is 9.70.